The van der Waals surface area contributed by atoms with Gasteiger partial charge < -0.3 is 23.7 Å². The van der Waals surface area contributed by atoms with Crippen LogP contribution in [0.1, 0.15) is 168 Å². The predicted octanol–water partition coefficient (Wildman–Crippen LogP) is 9.02. The molecule has 260 valence electrons. The van der Waals surface area contributed by atoms with Gasteiger partial charge in [-0.05, 0) is 51.4 Å². The van der Waals surface area contributed by atoms with Crippen LogP contribution in [0.15, 0.2) is 0 Å². The number of unbranched alkanes of at least 4 members (excludes halogenated alkanes) is 14. The van der Waals surface area contributed by atoms with Gasteiger partial charge in [-0.3, -0.25) is 9.59 Å². The zero-order valence-electron chi connectivity index (χ0n) is 28.9. The Morgan fingerprint density at radius 2 is 0.800 bits per heavy atom. The zero-order chi connectivity index (χ0) is 31.7. The fourth-order valence-electron chi connectivity index (χ4n) is 7.41. The van der Waals surface area contributed by atoms with Crippen LogP contribution in [0.3, 0.4) is 0 Å². The van der Waals surface area contributed by atoms with Gasteiger partial charge in [-0.15, -0.1) is 0 Å². The average molecular weight is 635 g/mol. The Morgan fingerprint density at radius 3 is 1.18 bits per heavy atom. The lowest BCUT2D eigenvalue weighted by Crippen LogP contribution is -2.38. The first-order chi connectivity index (χ1) is 22.1. The van der Waals surface area contributed by atoms with Crippen LogP contribution in [0.4, 0.5) is 0 Å². The van der Waals surface area contributed by atoms with E-state index < -0.39 is 11.8 Å². The first-order valence-corrected chi connectivity index (χ1v) is 19.4. The molecule has 8 unspecified atom stereocenters. The fourth-order valence-corrected chi connectivity index (χ4v) is 7.41. The first kappa shape index (κ1) is 36.7. The zero-order valence-corrected chi connectivity index (χ0v) is 28.9. The molecule has 0 aromatic heterocycles. The van der Waals surface area contributed by atoms with E-state index in [-0.39, 0.29) is 24.1 Å². The van der Waals surface area contributed by atoms with E-state index in [0.717, 1.165) is 38.5 Å². The molecule has 4 aliphatic rings. The van der Waals surface area contributed by atoms with Crippen LogP contribution in [0.5, 0.6) is 0 Å². The molecule has 3 aliphatic heterocycles. The molecule has 4 rings (SSSR count). The standard InChI is InChI=1S/C38H66O7/c1-3-5-7-9-11-13-15-17-21-31-33(43-31)23-19-25-41-37(39)29-27-35-36(45-35)28-30(29)38(40)42-26-20-24-34-32(44-34)22-18-16-14-12-10-8-6-4-2/h29-36H,3-28H2,1-2H3. The number of carbonyl (C=O) groups is 2. The molecule has 1 aliphatic carbocycles. The molecule has 4 fully saturated rings. The van der Waals surface area contributed by atoms with Crippen molar-refractivity contribution in [2.75, 3.05) is 13.2 Å². The number of fused-ring (bicyclic) bond motifs is 1. The van der Waals surface area contributed by atoms with Crippen LogP contribution >= 0.6 is 0 Å². The second-order valence-corrected chi connectivity index (χ2v) is 14.5. The maximum atomic E-state index is 13.0. The molecular weight excluding hydrogens is 568 g/mol. The molecule has 0 aromatic carbocycles. The van der Waals surface area contributed by atoms with E-state index in [4.69, 9.17) is 23.7 Å². The quantitative estimate of drug-likeness (QED) is 0.0482. The second kappa shape index (κ2) is 20.9. The minimum atomic E-state index is -0.462. The van der Waals surface area contributed by atoms with Gasteiger partial charge in [0.15, 0.2) is 0 Å². The van der Waals surface area contributed by atoms with Crippen LogP contribution in [-0.2, 0) is 33.3 Å². The van der Waals surface area contributed by atoms with E-state index in [1.807, 2.05) is 0 Å². The highest BCUT2D eigenvalue weighted by Crippen LogP contribution is 2.44. The lowest BCUT2D eigenvalue weighted by molar-refractivity contribution is -0.162. The van der Waals surface area contributed by atoms with Crippen molar-refractivity contribution in [3.05, 3.63) is 0 Å². The van der Waals surface area contributed by atoms with E-state index in [1.54, 1.807) is 0 Å². The molecule has 7 heteroatoms. The number of hydrogen-bond acceptors (Lipinski definition) is 7. The summed E-state index contributed by atoms with van der Waals surface area (Å²) in [5.41, 5.74) is 0. The van der Waals surface area contributed by atoms with Gasteiger partial charge in [0.2, 0.25) is 0 Å². The largest absolute Gasteiger partial charge is 0.465 e. The molecule has 0 spiro atoms. The third-order valence-electron chi connectivity index (χ3n) is 10.6. The number of esters is 2. The summed E-state index contributed by atoms with van der Waals surface area (Å²) < 4.78 is 28.7. The number of rotatable bonds is 28. The van der Waals surface area contributed by atoms with Gasteiger partial charge in [0.1, 0.15) is 0 Å². The Bertz CT molecular complexity index is 767. The van der Waals surface area contributed by atoms with Gasteiger partial charge in [0.25, 0.3) is 0 Å². The maximum Gasteiger partial charge on any atom is 0.309 e. The van der Waals surface area contributed by atoms with Crippen molar-refractivity contribution in [2.45, 2.75) is 205 Å². The first-order valence-electron chi connectivity index (χ1n) is 19.4. The Morgan fingerprint density at radius 1 is 0.467 bits per heavy atom. The Hall–Kier alpha value is -1.18. The molecule has 45 heavy (non-hydrogen) atoms. The summed E-state index contributed by atoms with van der Waals surface area (Å²) >= 11 is 0. The van der Waals surface area contributed by atoms with Crippen molar-refractivity contribution in [3.63, 3.8) is 0 Å². The summed E-state index contributed by atoms with van der Waals surface area (Å²) in [4.78, 5) is 26.0. The lowest BCUT2D eigenvalue weighted by atomic mass is 9.79. The van der Waals surface area contributed by atoms with E-state index in [0.29, 0.717) is 50.5 Å². The van der Waals surface area contributed by atoms with Gasteiger partial charge >= 0.3 is 11.9 Å². The third-order valence-corrected chi connectivity index (χ3v) is 10.6. The normalized spacial score (nSPS) is 29.6. The van der Waals surface area contributed by atoms with Crippen molar-refractivity contribution in [2.24, 2.45) is 11.8 Å². The number of hydrogen-bond donors (Lipinski definition) is 0. The number of carbonyl (C=O) groups excluding carboxylic acids is 2. The second-order valence-electron chi connectivity index (χ2n) is 14.5. The monoisotopic (exact) mass is 634 g/mol. The molecule has 3 saturated heterocycles. The molecule has 8 atom stereocenters. The van der Waals surface area contributed by atoms with Crippen molar-refractivity contribution in [1.82, 2.24) is 0 Å². The summed E-state index contributed by atoms with van der Waals surface area (Å²) in [6, 6.07) is 0. The van der Waals surface area contributed by atoms with Crippen LogP contribution in [0, 0.1) is 11.8 Å². The molecule has 7 nitrogen and oxygen atoms in total. The van der Waals surface area contributed by atoms with Gasteiger partial charge in [-0.1, -0.05) is 117 Å². The van der Waals surface area contributed by atoms with Gasteiger partial charge in [-0.2, -0.15) is 0 Å². The van der Waals surface area contributed by atoms with Gasteiger partial charge in [0, 0.05) is 0 Å². The fraction of sp³-hybridized carbons (Fsp3) is 0.947. The molecule has 0 N–H and O–H groups in total. The maximum absolute atomic E-state index is 13.0. The van der Waals surface area contributed by atoms with E-state index in [9.17, 15) is 9.59 Å². The topological polar surface area (TPSA) is 90.2 Å². The molecule has 1 saturated carbocycles. The molecular formula is C38H66O7. The van der Waals surface area contributed by atoms with Crippen molar-refractivity contribution in [1.29, 1.82) is 0 Å². The van der Waals surface area contributed by atoms with Crippen LogP contribution in [0.25, 0.3) is 0 Å². The Balaban J connectivity index is 0.991. The Labute approximate surface area is 274 Å². The molecule has 0 aromatic rings. The summed E-state index contributed by atoms with van der Waals surface area (Å²) in [7, 11) is 0. The Kier molecular flexibility index (Phi) is 17.0. The molecule has 0 radical (unpaired) electrons. The smallest absolute Gasteiger partial charge is 0.309 e. The summed E-state index contributed by atoms with van der Waals surface area (Å²) in [5, 5.41) is 0. The highest BCUT2D eigenvalue weighted by molar-refractivity contribution is 5.82. The number of epoxide rings is 3. The molecule has 0 bridgehead atoms. The van der Waals surface area contributed by atoms with E-state index >= 15 is 0 Å². The van der Waals surface area contributed by atoms with E-state index in [2.05, 4.69) is 13.8 Å². The lowest BCUT2D eigenvalue weighted by Gasteiger charge is -2.26. The van der Waals surface area contributed by atoms with Gasteiger partial charge in [-0.25, -0.2) is 0 Å². The predicted molar refractivity (Wildman–Crippen MR) is 177 cm³/mol. The van der Waals surface area contributed by atoms with Crippen LogP contribution in [0.2, 0.25) is 0 Å². The SMILES string of the molecule is CCCCCCCCCCC1OC1CCCOC(=O)C1CC2OC2CC1C(=O)OCCCC1OC1CCCCCCCCCC. The average Bonchev–Trinajstić information content (AvgIpc) is 3.95. The summed E-state index contributed by atoms with van der Waals surface area (Å²) in [6.45, 7) is 5.30. The van der Waals surface area contributed by atoms with Crippen molar-refractivity contribution >= 4 is 11.9 Å². The summed E-state index contributed by atoms with van der Waals surface area (Å²) in [6.07, 6.45) is 29.9. The minimum absolute atomic E-state index is 0.0913. The van der Waals surface area contributed by atoms with Crippen LogP contribution in [-0.4, -0.2) is 61.8 Å². The third kappa shape index (κ3) is 14.2. The van der Waals surface area contributed by atoms with Crippen molar-refractivity contribution in [3.8, 4) is 0 Å². The van der Waals surface area contributed by atoms with Crippen molar-refractivity contribution < 1.29 is 33.3 Å². The number of ether oxygens (including phenoxy) is 5. The van der Waals surface area contributed by atoms with E-state index in [1.165, 1.54) is 103 Å². The molecule has 0 amide bonds. The van der Waals surface area contributed by atoms with Crippen LogP contribution < -0.4 is 0 Å². The minimum Gasteiger partial charge on any atom is -0.465 e. The van der Waals surface area contributed by atoms with Gasteiger partial charge in [0.05, 0.1) is 61.7 Å². The molecule has 3 heterocycles. The highest BCUT2D eigenvalue weighted by atomic mass is 16.6. The summed E-state index contributed by atoms with van der Waals surface area (Å²) in [5.74, 6) is -1.46. The highest BCUT2D eigenvalue weighted by Gasteiger charge is 2.53.